The van der Waals surface area contributed by atoms with Crippen LogP contribution in [0.25, 0.3) is 0 Å². The number of benzene rings is 3. The van der Waals surface area contributed by atoms with Crippen LogP contribution in [0, 0.1) is 0 Å². The third-order valence-corrected chi connectivity index (χ3v) is 17.1. The van der Waals surface area contributed by atoms with E-state index in [1.165, 1.54) is 38.5 Å². The van der Waals surface area contributed by atoms with Crippen molar-refractivity contribution < 1.29 is 28.4 Å². The molecule has 3 saturated carbocycles. The number of fused-ring (bicyclic) bond motifs is 5. The molecule has 12 nitrogen and oxygen atoms in total. The maximum Gasteiger partial charge on any atom is 0.124 e. The van der Waals surface area contributed by atoms with Crippen molar-refractivity contribution in [1.29, 1.82) is 0 Å². The van der Waals surface area contributed by atoms with Crippen molar-refractivity contribution in [2.45, 2.75) is 153 Å². The fourth-order valence-electron chi connectivity index (χ4n) is 13.8. The molecule has 0 aromatic heterocycles. The van der Waals surface area contributed by atoms with Gasteiger partial charge in [0, 0.05) is 109 Å². The molecule has 6 unspecified atom stereocenters. The van der Waals surface area contributed by atoms with Crippen molar-refractivity contribution in [2.75, 3.05) is 59.6 Å². The molecule has 7 heterocycles. The molecule has 12 atom stereocenters. The fourth-order valence-corrected chi connectivity index (χ4v) is 13.8. The summed E-state index contributed by atoms with van der Waals surface area (Å²) in [5.41, 5.74) is 6.79. The van der Waals surface area contributed by atoms with Gasteiger partial charge in [0.15, 0.2) is 0 Å². The van der Waals surface area contributed by atoms with Crippen LogP contribution in [0.2, 0.25) is 0 Å². The lowest BCUT2D eigenvalue weighted by molar-refractivity contribution is 0.193. The highest BCUT2D eigenvalue weighted by molar-refractivity contribution is 5.50. The van der Waals surface area contributed by atoms with Crippen molar-refractivity contribution >= 4 is 0 Å². The third-order valence-electron chi connectivity index (χ3n) is 17.1. The van der Waals surface area contributed by atoms with Gasteiger partial charge in [-0.05, 0) is 74.9 Å². The molecule has 12 bridgehead atoms. The van der Waals surface area contributed by atoms with E-state index in [-0.39, 0.29) is 0 Å². The van der Waals surface area contributed by atoms with Crippen LogP contribution in [0.3, 0.4) is 0 Å². The molecule has 12 heteroatoms. The van der Waals surface area contributed by atoms with Gasteiger partial charge < -0.3 is 28.4 Å². The number of hydrogen-bond acceptors (Lipinski definition) is 12. The highest BCUT2D eigenvalue weighted by Gasteiger charge is 2.45. The van der Waals surface area contributed by atoms with Gasteiger partial charge in [-0.25, -0.2) is 0 Å². The summed E-state index contributed by atoms with van der Waals surface area (Å²) in [5.74, 6) is 5.37. The molecular weight excluding hydrogens is 937 g/mol. The Bertz CT molecular complexity index is 2080. The van der Waals surface area contributed by atoms with Gasteiger partial charge in [-0.3, -0.25) is 29.4 Å². The maximum absolute atomic E-state index is 6.66. The van der Waals surface area contributed by atoms with E-state index in [1.54, 1.807) is 0 Å². The molecule has 6 fully saturated rings. The second kappa shape index (κ2) is 25.2. The van der Waals surface area contributed by atoms with E-state index in [0.29, 0.717) is 75.9 Å². The third kappa shape index (κ3) is 12.0. The first kappa shape index (κ1) is 53.1. The molecule has 75 heavy (non-hydrogen) atoms. The molecule has 7 aliphatic heterocycles. The average Bonchev–Trinajstić information content (AvgIpc) is 4.09. The van der Waals surface area contributed by atoms with Crippen LogP contribution in [-0.4, -0.2) is 125 Å². The van der Waals surface area contributed by atoms with Gasteiger partial charge in [0.05, 0.1) is 20.0 Å². The van der Waals surface area contributed by atoms with E-state index in [2.05, 4.69) is 105 Å². The molecular formula is C63H84N6O6. The Kier molecular flexibility index (Phi) is 17.8. The van der Waals surface area contributed by atoms with Crippen molar-refractivity contribution in [1.82, 2.24) is 29.4 Å². The SMILES string of the molecule is C=CCOc1cc2c(OCC=C)cc1CN1CN(Cc3cc(OCC=C)c(cc3OCC=C)CN3CN(Cc4cc(OCC=C)c(cc4OCC=C)CN4CN(C2)[C@@H]2CCCC[C@H]24)[C@@H]2CCCC[C@H]23)[C@@H]2CCCC[C@H]21. The number of hydrogen-bond donors (Lipinski definition) is 0. The Labute approximate surface area is 448 Å². The largest absolute Gasteiger partial charge is 0.489 e. The van der Waals surface area contributed by atoms with Crippen molar-refractivity contribution in [3.63, 3.8) is 0 Å². The van der Waals surface area contributed by atoms with Gasteiger partial charge in [0.1, 0.15) is 74.1 Å². The standard InChI is InChI=1S/C63H84N6O6/c1-7-25-70-58-31-47-38-65-44-67(55-22-16-15-21-54(55)65)40-49-34-63(75-30-12-6)51(36-62(49)74-29-11-5)42-69-45-68(56-23-17-18-24-57(56)69)41-50-35-60(72-27-9-3)48(33-61(50)73-28-10-4)39-66-43-64(52-19-13-14-20-53(52)66)37-46(58)32-59(47)71-26-8-2/h7-12,31-36,52-57H,1-6,13-30,37-45H2/t52-,53-,54-,55-,56-,57-/m1/s1. The minimum absolute atomic E-state index is 0.409. The molecule has 3 aromatic carbocycles. The topological polar surface area (TPSA) is 74.8 Å². The first-order valence-corrected chi connectivity index (χ1v) is 28.2. The van der Waals surface area contributed by atoms with Crippen molar-refractivity contribution in [3.05, 3.63) is 146 Å². The van der Waals surface area contributed by atoms with Crippen LogP contribution < -0.4 is 28.4 Å². The Morgan fingerprint density at radius 2 is 0.453 bits per heavy atom. The average molecular weight is 1020 g/mol. The van der Waals surface area contributed by atoms with Gasteiger partial charge in [-0.1, -0.05) is 114 Å². The first-order chi connectivity index (χ1) is 36.9. The van der Waals surface area contributed by atoms with Crippen LogP contribution in [0.1, 0.15) is 110 Å². The van der Waals surface area contributed by atoms with Gasteiger partial charge in [-0.15, -0.1) is 0 Å². The van der Waals surface area contributed by atoms with E-state index in [4.69, 9.17) is 28.4 Å². The second-order valence-electron chi connectivity index (χ2n) is 22.0. The lowest BCUT2D eigenvalue weighted by Crippen LogP contribution is -2.40. The van der Waals surface area contributed by atoms with Gasteiger partial charge in [0.25, 0.3) is 0 Å². The number of nitrogens with zero attached hydrogens (tertiary/aromatic N) is 6. The van der Waals surface area contributed by atoms with Crippen LogP contribution in [-0.2, 0) is 39.3 Å². The maximum atomic E-state index is 6.66. The molecule has 0 amide bonds. The zero-order chi connectivity index (χ0) is 51.7. The predicted octanol–water partition coefficient (Wildman–Crippen LogP) is 11.1. The number of rotatable bonds is 18. The van der Waals surface area contributed by atoms with E-state index in [9.17, 15) is 0 Å². The Morgan fingerprint density at radius 3 is 0.600 bits per heavy atom. The molecule has 3 aliphatic carbocycles. The molecule has 0 N–H and O–H groups in total. The molecule has 0 spiro atoms. The van der Waals surface area contributed by atoms with Crippen molar-refractivity contribution in [2.24, 2.45) is 0 Å². The second-order valence-corrected chi connectivity index (χ2v) is 22.0. The van der Waals surface area contributed by atoms with E-state index >= 15 is 0 Å². The highest BCUT2D eigenvalue weighted by atomic mass is 16.5. The molecule has 3 aromatic rings. The van der Waals surface area contributed by atoms with Crippen LogP contribution in [0.4, 0.5) is 0 Å². The molecule has 13 rings (SSSR count). The summed E-state index contributed by atoms with van der Waals surface area (Å²) in [4.78, 5) is 16.1. The summed E-state index contributed by atoms with van der Waals surface area (Å²) in [6, 6.07) is 16.1. The van der Waals surface area contributed by atoms with Crippen LogP contribution >= 0.6 is 0 Å². The summed E-state index contributed by atoms with van der Waals surface area (Å²) in [6.07, 6.45) is 25.4. The summed E-state index contributed by atoms with van der Waals surface area (Å²) in [7, 11) is 0. The quantitative estimate of drug-likeness (QED) is 0.114. The Balaban J connectivity index is 1.09. The predicted molar refractivity (Wildman–Crippen MR) is 299 cm³/mol. The fraction of sp³-hybridized carbons (Fsp3) is 0.524. The highest BCUT2D eigenvalue weighted by Crippen LogP contribution is 2.44. The monoisotopic (exact) mass is 1020 g/mol. The summed E-state index contributed by atoms with van der Waals surface area (Å²) >= 11 is 0. The van der Waals surface area contributed by atoms with E-state index in [0.717, 1.165) is 166 Å². The zero-order valence-electron chi connectivity index (χ0n) is 44.9. The normalized spacial score (nSPS) is 29.9. The van der Waals surface area contributed by atoms with E-state index < -0.39 is 0 Å². The lowest BCUT2D eigenvalue weighted by atomic mass is 9.89. The molecule has 3 saturated heterocycles. The van der Waals surface area contributed by atoms with Crippen molar-refractivity contribution in [3.8, 4) is 34.5 Å². The van der Waals surface area contributed by atoms with Gasteiger partial charge in [0.2, 0.25) is 0 Å². The minimum atomic E-state index is 0.409. The zero-order valence-corrected chi connectivity index (χ0v) is 44.9. The lowest BCUT2D eigenvalue weighted by Gasteiger charge is -2.34. The van der Waals surface area contributed by atoms with Crippen LogP contribution in [0.5, 0.6) is 34.5 Å². The Hall–Kier alpha value is -5.34. The first-order valence-electron chi connectivity index (χ1n) is 28.2. The van der Waals surface area contributed by atoms with Gasteiger partial charge in [-0.2, -0.15) is 0 Å². The molecule has 10 aliphatic rings. The number of ether oxygens (including phenoxy) is 6. The van der Waals surface area contributed by atoms with Crippen LogP contribution in [0.15, 0.2) is 112 Å². The smallest absolute Gasteiger partial charge is 0.124 e. The molecule has 0 radical (unpaired) electrons. The summed E-state index contributed by atoms with van der Waals surface area (Å²) in [6.45, 7) is 33.8. The van der Waals surface area contributed by atoms with Gasteiger partial charge >= 0.3 is 0 Å². The molecule has 402 valence electrons. The van der Waals surface area contributed by atoms with E-state index in [1.807, 2.05) is 36.5 Å². The summed E-state index contributed by atoms with van der Waals surface area (Å²) in [5, 5.41) is 0. The minimum Gasteiger partial charge on any atom is -0.489 e. The Morgan fingerprint density at radius 1 is 0.293 bits per heavy atom. The summed E-state index contributed by atoms with van der Waals surface area (Å²) < 4.78 is 39.9.